The molecule has 34 heavy (non-hydrogen) atoms. The smallest absolute Gasteiger partial charge is 0.146 e. The molecule has 0 aliphatic rings. The van der Waals surface area contributed by atoms with Gasteiger partial charge in [0.2, 0.25) is 0 Å². The van der Waals surface area contributed by atoms with E-state index in [0.717, 1.165) is 28.0 Å². The average molecular weight is 458 g/mol. The Hall–Kier alpha value is -4.04. The molecule has 4 aromatic carbocycles. The summed E-state index contributed by atoms with van der Waals surface area (Å²) in [5, 5.41) is 0. The SMILES string of the molecule is COc1ccc(C(c2ccc(ON)cc2)C(c2ccc(ON)cc2)c2ccc(ON)cc2)cc1. The van der Waals surface area contributed by atoms with Crippen LogP contribution in [0.5, 0.6) is 23.0 Å². The molecule has 0 heterocycles. The third kappa shape index (κ3) is 4.97. The number of rotatable bonds is 9. The van der Waals surface area contributed by atoms with E-state index < -0.39 is 0 Å². The van der Waals surface area contributed by atoms with Crippen molar-refractivity contribution in [2.75, 3.05) is 7.11 Å². The first-order valence-corrected chi connectivity index (χ1v) is 10.7. The van der Waals surface area contributed by atoms with Crippen molar-refractivity contribution in [2.24, 2.45) is 17.7 Å². The maximum absolute atomic E-state index is 5.38. The average Bonchev–Trinajstić information content (AvgIpc) is 2.92. The second-order valence-electron chi connectivity index (χ2n) is 7.79. The van der Waals surface area contributed by atoms with Crippen molar-refractivity contribution in [3.63, 3.8) is 0 Å². The van der Waals surface area contributed by atoms with Gasteiger partial charge in [-0.2, -0.15) is 17.7 Å². The first kappa shape index (κ1) is 23.1. The fourth-order valence-electron chi connectivity index (χ4n) is 4.23. The van der Waals surface area contributed by atoms with Crippen molar-refractivity contribution >= 4 is 0 Å². The molecule has 0 aromatic heterocycles. The van der Waals surface area contributed by atoms with Gasteiger partial charge in [-0.25, -0.2) is 0 Å². The molecule has 0 aliphatic heterocycles. The Morgan fingerprint density at radius 2 is 0.647 bits per heavy atom. The van der Waals surface area contributed by atoms with Crippen LogP contribution < -0.4 is 36.9 Å². The van der Waals surface area contributed by atoms with E-state index in [-0.39, 0.29) is 11.8 Å². The molecule has 174 valence electrons. The lowest BCUT2D eigenvalue weighted by atomic mass is 9.73. The Balaban J connectivity index is 1.90. The van der Waals surface area contributed by atoms with Gasteiger partial charge >= 0.3 is 0 Å². The minimum absolute atomic E-state index is 0.0491. The van der Waals surface area contributed by atoms with Gasteiger partial charge in [0.25, 0.3) is 0 Å². The van der Waals surface area contributed by atoms with Gasteiger partial charge < -0.3 is 19.2 Å². The second-order valence-corrected chi connectivity index (χ2v) is 7.79. The van der Waals surface area contributed by atoms with E-state index in [2.05, 4.69) is 12.1 Å². The topological polar surface area (TPSA) is 115 Å². The summed E-state index contributed by atoms with van der Waals surface area (Å²) in [4.78, 5) is 14.7. The minimum Gasteiger partial charge on any atom is -0.497 e. The minimum atomic E-state index is -0.0586. The van der Waals surface area contributed by atoms with Crippen molar-refractivity contribution in [1.29, 1.82) is 0 Å². The molecule has 0 aliphatic carbocycles. The highest BCUT2D eigenvalue weighted by Gasteiger charge is 2.28. The molecule has 1 atom stereocenters. The highest BCUT2D eigenvalue weighted by molar-refractivity contribution is 5.48. The molecule has 4 rings (SSSR count). The Morgan fingerprint density at radius 3 is 0.853 bits per heavy atom. The van der Waals surface area contributed by atoms with Gasteiger partial charge in [-0.3, -0.25) is 0 Å². The van der Waals surface area contributed by atoms with E-state index in [0.29, 0.717) is 17.2 Å². The van der Waals surface area contributed by atoms with Crippen LogP contribution in [0.15, 0.2) is 97.1 Å². The summed E-state index contributed by atoms with van der Waals surface area (Å²) in [5.41, 5.74) is 4.38. The van der Waals surface area contributed by atoms with Crippen molar-refractivity contribution < 1.29 is 19.2 Å². The highest BCUT2D eigenvalue weighted by atomic mass is 16.6. The fraction of sp³-hybridized carbons (Fsp3) is 0.111. The van der Waals surface area contributed by atoms with Gasteiger partial charge in [-0.05, 0) is 70.8 Å². The largest absolute Gasteiger partial charge is 0.497 e. The van der Waals surface area contributed by atoms with E-state index >= 15 is 0 Å². The lowest BCUT2D eigenvalue weighted by molar-refractivity contribution is 0.334. The maximum atomic E-state index is 5.38. The van der Waals surface area contributed by atoms with Crippen LogP contribution in [0.25, 0.3) is 0 Å². The number of methoxy groups -OCH3 is 1. The van der Waals surface area contributed by atoms with Crippen LogP contribution >= 0.6 is 0 Å². The Labute approximate surface area is 198 Å². The molecule has 0 spiro atoms. The zero-order valence-corrected chi connectivity index (χ0v) is 18.8. The third-order valence-electron chi connectivity index (χ3n) is 5.93. The summed E-state index contributed by atoms with van der Waals surface area (Å²) in [7, 11) is 1.66. The molecule has 0 radical (unpaired) electrons. The lowest BCUT2D eigenvalue weighted by Crippen LogP contribution is -2.15. The zero-order chi connectivity index (χ0) is 23.9. The van der Waals surface area contributed by atoms with Crippen LogP contribution in [0, 0.1) is 0 Å². The van der Waals surface area contributed by atoms with E-state index in [1.165, 1.54) is 0 Å². The fourth-order valence-corrected chi connectivity index (χ4v) is 4.23. The quantitative estimate of drug-likeness (QED) is 0.319. The normalized spacial score (nSPS) is 11.7. The first-order valence-electron chi connectivity index (χ1n) is 10.7. The number of hydrogen-bond donors (Lipinski definition) is 3. The van der Waals surface area contributed by atoms with Crippen molar-refractivity contribution in [3.8, 4) is 23.0 Å². The monoisotopic (exact) mass is 457 g/mol. The molecule has 0 saturated heterocycles. The van der Waals surface area contributed by atoms with Crippen molar-refractivity contribution in [3.05, 3.63) is 119 Å². The van der Waals surface area contributed by atoms with E-state index in [9.17, 15) is 0 Å². The molecule has 7 heteroatoms. The van der Waals surface area contributed by atoms with Crippen molar-refractivity contribution in [1.82, 2.24) is 0 Å². The van der Waals surface area contributed by atoms with Gasteiger partial charge in [-0.1, -0.05) is 48.5 Å². The van der Waals surface area contributed by atoms with Gasteiger partial charge in [-0.15, -0.1) is 0 Å². The summed E-state index contributed by atoms with van der Waals surface area (Å²) >= 11 is 0. The molecule has 0 amide bonds. The molecular formula is C27H27N3O4. The Morgan fingerprint density at radius 1 is 0.412 bits per heavy atom. The predicted molar refractivity (Wildman–Crippen MR) is 130 cm³/mol. The van der Waals surface area contributed by atoms with Gasteiger partial charge in [0, 0.05) is 11.8 Å². The molecule has 7 nitrogen and oxygen atoms in total. The molecular weight excluding hydrogens is 430 g/mol. The van der Waals surface area contributed by atoms with Gasteiger partial charge in [0.05, 0.1) is 7.11 Å². The number of ether oxygens (including phenoxy) is 1. The van der Waals surface area contributed by atoms with Crippen LogP contribution in [-0.4, -0.2) is 7.11 Å². The standard InChI is InChI=1S/C27H27N3O4/c1-31-22-10-2-18(3-11-22)26(19-4-12-23(32-28)13-5-19)27(20-6-14-24(33-29)15-7-20)21-8-16-25(34-30)17-9-21/h2-17,26-27H,28-30H2,1H3. The van der Waals surface area contributed by atoms with E-state index in [1.54, 1.807) is 7.11 Å². The summed E-state index contributed by atoms with van der Waals surface area (Å²) in [5.74, 6) is 18.5. The zero-order valence-electron chi connectivity index (χ0n) is 18.8. The van der Waals surface area contributed by atoms with E-state index in [1.807, 2.05) is 84.9 Å². The highest BCUT2D eigenvalue weighted by Crippen LogP contribution is 2.44. The Bertz CT molecular complexity index is 987. The lowest BCUT2D eigenvalue weighted by Gasteiger charge is -2.30. The van der Waals surface area contributed by atoms with Crippen LogP contribution in [0.2, 0.25) is 0 Å². The molecule has 0 saturated carbocycles. The summed E-state index contributed by atoms with van der Waals surface area (Å²) in [6.07, 6.45) is 0. The predicted octanol–water partition coefficient (Wildman–Crippen LogP) is 4.42. The number of hydrogen-bond acceptors (Lipinski definition) is 7. The van der Waals surface area contributed by atoms with Gasteiger partial charge in [0.15, 0.2) is 0 Å². The number of benzene rings is 4. The molecule has 0 fully saturated rings. The number of nitrogens with two attached hydrogens (primary N) is 3. The van der Waals surface area contributed by atoms with Crippen LogP contribution in [0.1, 0.15) is 34.1 Å². The van der Waals surface area contributed by atoms with E-state index in [4.69, 9.17) is 36.9 Å². The summed E-state index contributed by atoms with van der Waals surface area (Å²) in [6, 6.07) is 31.4. The molecule has 1 unspecified atom stereocenters. The third-order valence-corrected chi connectivity index (χ3v) is 5.93. The molecule has 4 aromatic rings. The van der Waals surface area contributed by atoms with Crippen molar-refractivity contribution in [2.45, 2.75) is 11.8 Å². The van der Waals surface area contributed by atoms with Crippen LogP contribution in [-0.2, 0) is 0 Å². The molecule has 6 N–H and O–H groups in total. The summed E-state index contributed by atoms with van der Waals surface area (Å²) < 4.78 is 5.38. The second kappa shape index (κ2) is 10.7. The Kier molecular flexibility index (Phi) is 7.29. The van der Waals surface area contributed by atoms with Gasteiger partial charge in [0.1, 0.15) is 23.0 Å². The summed E-state index contributed by atoms with van der Waals surface area (Å²) in [6.45, 7) is 0. The maximum Gasteiger partial charge on any atom is 0.146 e. The first-order chi connectivity index (χ1) is 16.7. The van der Waals surface area contributed by atoms with Crippen LogP contribution in [0.3, 0.4) is 0 Å². The van der Waals surface area contributed by atoms with Crippen LogP contribution in [0.4, 0.5) is 0 Å². The molecule has 0 bridgehead atoms.